The second kappa shape index (κ2) is 4.89. The standard InChI is InChI=1S/C16H15N3O/c1-11-12(6-5-9-17-11)15(20)10-16-18-13-7-3-4-8-14(13)19(16)2/h3-9H,10H2,1-2H3. The number of imidazole rings is 1. The zero-order valence-electron chi connectivity index (χ0n) is 11.5. The smallest absolute Gasteiger partial charge is 0.172 e. The SMILES string of the molecule is Cc1ncccc1C(=O)Cc1nc2ccccc2n1C. The second-order valence-corrected chi connectivity index (χ2v) is 4.81. The summed E-state index contributed by atoms with van der Waals surface area (Å²) in [5.41, 5.74) is 3.38. The van der Waals surface area contributed by atoms with E-state index in [1.807, 2.05) is 48.9 Å². The highest BCUT2D eigenvalue weighted by molar-refractivity contribution is 5.98. The van der Waals surface area contributed by atoms with Crippen molar-refractivity contribution in [1.29, 1.82) is 0 Å². The first-order valence-corrected chi connectivity index (χ1v) is 6.52. The molecule has 0 aliphatic rings. The van der Waals surface area contributed by atoms with E-state index < -0.39 is 0 Å². The molecular weight excluding hydrogens is 250 g/mol. The molecule has 4 heteroatoms. The Morgan fingerprint density at radius 3 is 2.75 bits per heavy atom. The molecule has 3 rings (SSSR count). The molecule has 0 spiro atoms. The molecule has 20 heavy (non-hydrogen) atoms. The van der Waals surface area contributed by atoms with Crippen LogP contribution in [0, 0.1) is 6.92 Å². The average Bonchev–Trinajstić information content (AvgIpc) is 2.76. The number of para-hydroxylation sites is 2. The number of aryl methyl sites for hydroxylation is 2. The zero-order chi connectivity index (χ0) is 14.1. The van der Waals surface area contributed by atoms with Gasteiger partial charge in [-0.15, -0.1) is 0 Å². The van der Waals surface area contributed by atoms with E-state index in [0.717, 1.165) is 22.6 Å². The maximum atomic E-state index is 12.4. The summed E-state index contributed by atoms with van der Waals surface area (Å²) in [6.07, 6.45) is 1.99. The molecule has 0 saturated heterocycles. The minimum absolute atomic E-state index is 0.0500. The summed E-state index contributed by atoms with van der Waals surface area (Å²) < 4.78 is 1.97. The summed E-state index contributed by atoms with van der Waals surface area (Å²) >= 11 is 0. The van der Waals surface area contributed by atoms with Crippen molar-refractivity contribution < 1.29 is 4.79 Å². The Hall–Kier alpha value is -2.49. The van der Waals surface area contributed by atoms with E-state index >= 15 is 0 Å². The van der Waals surface area contributed by atoms with Crippen molar-refractivity contribution in [3.63, 3.8) is 0 Å². The number of rotatable bonds is 3. The van der Waals surface area contributed by atoms with Gasteiger partial charge in [0.1, 0.15) is 5.82 Å². The first-order chi connectivity index (χ1) is 9.66. The molecule has 2 aromatic heterocycles. The number of aromatic nitrogens is 3. The Bertz CT molecular complexity index is 789. The second-order valence-electron chi connectivity index (χ2n) is 4.81. The number of Topliss-reactive ketones (excluding diaryl/α,β-unsaturated/α-hetero) is 1. The number of benzene rings is 1. The summed E-state index contributed by atoms with van der Waals surface area (Å²) in [5.74, 6) is 0.827. The number of carbonyl (C=O) groups excluding carboxylic acids is 1. The maximum absolute atomic E-state index is 12.4. The Morgan fingerprint density at radius 1 is 1.20 bits per heavy atom. The number of fused-ring (bicyclic) bond motifs is 1. The van der Waals surface area contributed by atoms with Crippen LogP contribution in [0.4, 0.5) is 0 Å². The van der Waals surface area contributed by atoms with Gasteiger partial charge in [0.15, 0.2) is 5.78 Å². The van der Waals surface area contributed by atoms with E-state index in [1.54, 1.807) is 12.3 Å². The molecule has 0 radical (unpaired) electrons. The normalized spacial score (nSPS) is 10.9. The molecule has 0 aliphatic heterocycles. The quantitative estimate of drug-likeness (QED) is 0.684. The number of nitrogens with zero attached hydrogens (tertiary/aromatic N) is 3. The van der Waals surface area contributed by atoms with Gasteiger partial charge in [-0.25, -0.2) is 4.98 Å². The fourth-order valence-electron chi connectivity index (χ4n) is 2.37. The lowest BCUT2D eigenvalue weighted by Crippen LogP contribution is -2.10. The van der Waals surface area contributed by atoms with E-state index in [-0.39, 0.29) is 12.2 Å². The molecular formula is C16H15N3O. The van der Waals surface area contributed by atoms with Crippen molar-refractivity contribution in [1.82, 2.24) is 14.5 Å². The van der Waals surface area contributed by atoms with Gasteiger partial charge in [-0.2, -0.15) is 0 Å². The van der Waals surface area contributed by atoms with Gasteiger partial charge in [-0.05, 0) is 31.2 Å². The highest BCUT2D eigenvalue weighted by Gasteiger charge is 2.14. The summed E-state index contributed by atoms with van der Waals surface area (Å²) in [7, 11) is 1.94. The molecule has 100 valence electrons. The van der Waals surface area contributed by atoms with E-state index in [9.17, 15) is 4.79 Å². The van der Waals surface area contributed by atoms with Crippen LogP contribution in [-0.2, 0) is 13.5 Å². The minimum atomic E-state index is 0.0500. The predicted molar refractivity (Wildman–Crippen MR) is 77.7 cm³/mol. The third-order valence-corrected chi connectivity index (χ3v) is 3.51. The largest absolute Gasteiger partial charge is 0.331 e. The Balaban J connectivity index is 1.96. The Morgan fingerprint density at radius 2 is 2.00 bits per heavy atom. The van der Waals surface area contributed by atoms with Crippen molar-refractivity contribution in [3.05, 3.63) is 59.7 Å². The molecule has 0 atom stereocenters. The van der Waals surface area contributed by atoms with E-state index in [0.29, 0.717) is 5.56 Å². The molecule has 4 nitrogen and oxygen atoms in total. The lowest BCUT2D eigenvalue weighted by Gasteiger charge is -2.04. The molecule has 2 heterocycles. The van der Waals surface area contributed by atoms with Crippen LogP contribution in [0.2, 0.25) is 0 Å². The van der Waals surface area contributed by atoms with Crippen molar-refractivity contribution >= 4 is 16.8 Å². The molecule has 0 amide bonds. The van der Waals surface area contributed by atoms with Crippen LogP contribution in [0.25, 0.3) is 11.0 Å². The fraction of sp³-hybridized carbons (Fsp3) is 0.188. The third-order valence-electron chi connectivity index (χ3n) is 3.51. The number of carbonyl (C=O) groups is 1. The zero-order valence-corrected chi connectivity index (χ0v) is 11.5. The van der Waals surface area contributed by atoms with Gasteiger partial charge in [0.2, 0.25) is 0 Å². The summed E-state index contributed by atoms with van der Waals surface area (Å²) in [6.45, 7) is 1.85. The first kappa shape index (κ1) is 12.5. The summed E-state index contributed by atoms with van der Waals surface area (Å²) in [5, 5.41) is 0. The predicted octanol–water partition coefficient (Wildman–Crippen LogP) is 2.70. The first-order valence-electron chi connectivity index (χ1n) is 6.52. The minimum Gasteiger partial charge on any atom is -0.331 e. The number of ketones is 1. The van der Waals surface area contributed by atoms with Crippen LogP contribution in [0.15, 0.2) is 42.6 Å². The van der Waals surface area contributed by atoms with Crippen molar-refractivity contribution in [2.75, 3.05) is 0 Å². The lowest BCUT2D eigenvalue weighted by molar-refractivity contribution is 0.0989. The number of hydrogen-bond acceptors (Lipinski definition) is 3. The molecule has 3 aromatic rings. The van der Waals surface area contributed by atoms with Gasteiger partial charge in [-0.1, -0.05) is 12.1 Å². The van der Waals surface area contributed by atoms with E-state index in [1.165, 1.54) is 0 Å². The monoisotopic (exact) mass is 265 g/mol. The highest BCUT2D eigenvalue weighted by atomic mass is 16.1. The van der Waals surface area contributed by atoms with Crippen LogP contribution < -0.4 is 0 Å². The molecule has 1 aromatic carbocycles. The van der Waals surface area contributed by atoms with Gasteiger partial charge >= 0.3 is 0 Å². The van der Waals surface area contributed by atoms with Crippen LogP contribution in [-0.4, -0.2) is 20.3 Å². The van der Waals surface area contributed by atoms with Crippen molar-refractivity contribution in [3.8, 4) is 0 Å². The molecule has 0 saturated carbocycles. The maximum Gasteiger partial charge on any atom is 0.172 e. The van der Waals surface area contributed by atoms with Crippen LogP contribution >= 0.6 is 0 Å². The molecule has 0 unspecified atom stereocenters. The van der Waals surface area contributed by atoms with Gasteiger partial charge in [0.25, 0.3) is 0 Å². The van der Waals surface area contributed by atoms with Crippen LogP contribution in [0.5, 0.6) is 0 Å². The molecule has 0 aliphatic carbocycles. The van der Waals surface area contributed by atoms with Gasteiger partial charge in [0.05, 0.1) is 17.5 Å². The Labute approximate surface area is 117 Å². The molecule has 0 fully saturated rings. The molecule has 0 bridgehead atoms. The lowest BCUT2D eigenvalue weighted by atomic mass is 10.1. The van der Waals surface area contributed by atoms with Gasteiger partial charge in [0, 0.05) is 24.5 Å². The number of hydrogen-bond donors (Lipinski definition) is 0. The third kappa shape index (κ3) is 2.09. The van der Waals surface area contributed by atoms with Crippen molar-refractivity contribution in [2.24, 2.45) is 7.05 Å². The van der Waals surface area contributed by atoms with Gasteiger partial charge in [-0.3, -0.25) is 9.78 Å². The fourth-order valence-corrected chi connectivity index (χ4v) is 2.37. The van der Waals surface area contributed by atoms with Gasteiger partial charge < -0.3 is 4.57 Å². The number of pyridine rings is 1. The summed E-state index contributed by atoms with van der Waals surface area (Å²) in [6, 6.07) is 11.5. The average molecular weight is 265 g/mol. The van der Waals surface area contributed by atoms with Crippen molar-refractivity contribution in [2.45, 2.75) is 13.3 Å². The topological polar surface area (TPSA) is 47.8 Å². The van der Waals surface area contributed by atoms with E-state index in [2.05, 4.69) is 9.97 Å². The Kier molecular flexibility index (Phi) is 3.06. The van der Waals surface area contributed by atoms with Crippen LogP contribution in [0.3, 0.4) is 0 Å². The van der Waals surface area contributed by atoms with E-state index in [4.69, 9.17) is 0 Å². The molecule has 0 N–H and O–H groups in total. The van der Waals surface area contributed by atoms with Crippen LogP contribution in [0.1, 0.15) is 21.9 Å². The highest BCUT2D eigenvalue weighted by Crippen LogP contribution is 2.16. The summed E-state index contributed by atoms with van der Waals surface area (Å²) in [4.78, 5) is 21.1.